The summed E-state index contributed by atoms with van der Waals surface area (Å²) in [5, 5.41) is 13.2. The summed E-state index contributed by atoms with van der Waals surface area (Å²) in [4.78, 5) is 21.5. The fourth-order valence-corrected chi connectivity index (χ4v) is 2.92. The van der Waals surface area contributed by atoms with Gasteiger partial charge in [0.05, 0.1) is 10.9 Å². The van der Waals surface area contributed by atoms with Gasteiger partial charge in [0, 0.05) is 11.4 Å². The van der Waals surface area contributed by atoms with E-state index in [1.54, 1.807) is 41.9 Å². The zero-order valence-corrected chi connectivity index (χ0v) is 12.1. The summed E-state index contributed by atoms with van der Waals surface area (Å²) in [6, 6.07) is 8.87. The highest BCUT2D eigenvalue weighted by Gasteiger charge is 2.07. The van der Waals surface area contributed by atoms with E-state index in [1.165, 1.54) is 4.88 Å². The number of nitrogens with zero attached hydrogens (tertiary/aromatic N) is 2. The molecule has 0 bridgehead atoms. The number of rotatable bonds is 4. The Kier molecular flexibility index (Phi) is 3.53. The topological polar surface area (TPSA) is 75.1 Å². The van der Waals surface area contributed by atoms with Crippen LogP contribution in [-0.4, -0.2) is 21.0 Å². The molecule has 0 saturated heterocycles. The van der Waals surface area contributed by atoms with Crippen LogP contribution in [-0.2, 0) is 6.54 Å². The number of fused-ring (bicyclic) bond motifs is 1. The highest BCUT2D eigenvalue weighted by atomic mass is 32.1. The van der Waals surface area contributed by atoms with Crippen LogP contribution in [0.5, 0.6) is 0 Å². The van der Waals surface area contributed by atoms with Crippen molar-refractivity contribution in [3.8, 4) is 0 Å². The van der Waals surface area contributed by atoms with Crippen molar-refractivity contribution in [2.45, 2.75) is 13.5 Å². The first-order valence-electron chi connectivity index (χ1n) is 6.41. The Morgan fingerprint density at radius 1 is 1.29 bits per heavy atom. The highest BCUT2D eigenvalue weighted by molar-refractivity contribution is 7.18. The molecule has 21 heavy (non-hydrogen) atoms. The van der Waals surface area contributed by atoms with E-state index in [1.807, 2.05) is 6.92 Å². The maximum absolute atomic E-state index is 10.8. The molecule has 0 aliphatic rings. The molecule has 0 fully saturated rings. The number of aromatic nitrogens is 2. The van der Waals surface area contributed by atoms with E-state index in [2.05, 4.69) is 21.4 Å². The lowest BCUT2D eigenvalue weighted by atomic mass is 10.1. The molecule has 0 spiro atoms. The number of benzene rings is 1. The molecule has 3 aromatic rings. The minimum Gasteiger partial charge on any atom is -0.478 e. The van der Waals surface area contributed by atoms with Crippen molar-refractivity contribution in [3.05, 3.63) is 52.7 Å². The van der Waals surface area contributed by atoms with Crippen LogP contribution in [0.1, 0.15) is 20.8 Å². The van der Waals surface area contributed by atoms with Crippen molar-refractivity contribution >= 4 is 33.3 Å². The maximum Gasteiger partial charge on any atom is 0.335 e. The van der Waals surface area contributed by atoms with E-state index in [9.17, 15) is 4.79 Å². The van der Waals surface area contributed by atoms with Crippen LogP contribution in [0.25, 0.3) is 10.2 Å². The molecule has 2 aromatic heterocycles. The third kappa shape index (κ3) is 2.85. The average Bonchev–Trinajstić information content (AvgIpc) is 2.86. The van der Waals surface area contributed by atoms with Crippen LogP contribution < -0.4 is 5.32 Å². The third-order valence-electron chi connectivity index (χ3n) is 3.11. The molecule has 5 nitrogen and oxygen atoms in total. The molecular formula is C15H13N3O2S. The predicted octanol–water partition coefficient (Wildman–Crippen LogP) is 3.31. The Balaban J connectivity index is 1.78. The summed E-state index contributed by atoms with van der Waals surface area (Å²) >= 11 is 1.64. The van der Waals surface area contributed by atoms with Gasteiger partial charge in [-0.3, -0.25) is 0 Å². The zero-order chi connectivity index (χ0) is 14.8. The lowest BCUT2D eigenvalue weighted by Crippen LogP contribution is -2.03. The highest BCUT2D eigenvalue weighted by Crippen LogP contribution is 2.27. The fourth-order valence-electron chi connectivity index (χ4n) is 2.07. The standard InChI is InChI=1S/C15H13N3O2S/c1-9-6-12-13(17-8-18-14(12)21-9)16-7-10-2-4-11(5-3-10)15(19)20/h2-6,8H,7H2,1H3,(H,19,20)(H,16,17,18). The largest absolute Gasteiger partial charge is 0.478 e. The second-order valence-electron chi connectivity index (χ2n) is 4.65. The van der Waals surface area contributed by atoms with Crippen molar-refractivity contribution in [1.82, 2.24) is 9.97 Å². The monoisotopic (exact) mass is 299 g/mol. The van der Waals surface area contributed by atoms with Crippen LogP contribution in [0.15, 0.2) is 36.7 Å². The van der Waals surface area contributed by atoms with Gasteiger partial charge in [0.25, 0.3) is 0 Å². The van der Waals surface area contributed by atoms with E-state index in [-0.39, 0.29) is 5.56 Å². The van der Waals surface area contributed by atoms with Crippen LogP contribution in [0.3, 0.4) is 0 Å². The summed E-state index contributed by atoms with van der Waals surface area (Å²) < 4.78 is 0. The van der Waals surface area contributed by atoms with Gasteiger partial charge < -0.3 is 10.4 Å². The number of aryl methyl sites for hydroxylation is 1. The molecule has 0 radical (unpaired) electrons. The Bertz CT molecular complexity index is 796. The predicted molar refractivity (Wildman–Crippen MR) is 82.9 cm³/mol. The van der Waals surface area contributed by atoms with Crippen molar-refractivity contribution in [3.63, 3.8) is 0 Å². The number of thiophene rings is 1. The van der Waals surface area contributed by atoms with E-state index in [4.69, 9.17) is 5.11 Å². The lowest BCUT2D eigenvalue weighted by molar-refractivity contribution is 0.0697. The quantitative estimate of drug-likeness (QED) is 0.773. The molecule has 0 aliphatic carbocycles. The van der Waals surface area contributed by atoms with E-state index in [0.717, 1.165) is 21.6 Å². The zero-order valence-electron chi connectivity index (χ0n) is 11.3. The Labute approximate surface area is 125 Å². The molecule has 0 unspecified atom stereocenters. The Morgan fingerprint density at radius 2 is 2.05 bits per heavy atom. The number of carboxylic acid groups (broad SMARTS) is 1. The minimum absolute atomic E-state index is 0.289. The lowest BCUT2D eigenvalue weighted by Gasteiger charge is -2.06. The molecule has 106 valence electrons. The van der Waals surface area contributed by atoms with Gasteiger partial charge in [-0.05, 0) is 30.7 Å². The number of hydrogen-bond acceptors (Lipinski definition) is 5. The third-order valence-corrected chi connectivity index (χ3v) is 4.07. The first-order valence-corrected chi connectivity index (χ1v) is 7.22. The first-order chi connectivity index (χ1) is 10.1. The fraction of sp³-hybridized carbons (Fsp3) is 0.133. The second-order valence-corrected chi connectivity index (χ2v) is 5.89. The summed E-state index contributed by atoms with van der Waals surface area (Å²) in [6.07, 6.45) is 1.55. The van der Waals surface area contributed by atoms with Gasteiger partial charge in [0.1, 0.15) is 17.0 Å². The number of aromatic carboxylic acids is 1. The molecule has 0 amide bonds. The van der Waals surface area contributed by atoms with Gasteiger partial charge in [-0.2, -0.15) is 0 Å². The number of nitrogens with one attached hydrogen (secondary N) is 1. The molecule has 0 saturated carbocycles. The number of anilines is 1. The number of hydrogen-bond donors (Lipinski definition) is 2. The van der Waals surface area contributed by atoms with Crippen LogP contribution in [0.4, 0.5) is 5.82 Å². The van der Waals surface area contributed by atoms with Gasteiger partial charge in [-0.25, -0.2) is 14.8 Å². The summed E-state index contributed by atoms with van der Waals surface area (Å²) in [7, 11) is 0. The summed E-state index contributed by atoms with van der Waals surface area (Å²) in [5.41, 5.74) is 1.29. The maximum atomic E-state index is 10.8. The normalized spacial score (nSPS) is 10.7. The SMILES string of the molecule is Cc1cc2c(NCc3ccc(C(=O)O)cc3)ncnc2s1. The molecule has 6 heteroatoms. The van der Waals surface area contributed by atoms with Gasteiger partial charge in [0.2, 0.25) is 0 Å². The number of carboxylic acids is 1. The van der Waals surface area contributed by atoms with Crippen molar-refractivity contribution in [2.75, 3.05) is 5.32 Å². The molecule has 2 N–H and O–H groups in total. The van der Waals surface area contributed by atoms with Crippen molar-refractivity contribution in [2.24, 2.45) is 0 Å². The van der Waals surface area contributed by atoms with Gasteiger partial charge in [0.15, 0.2) is 0 Å². The molecule has 3 rings (SSSR count). The van der Waals surface area contributed by atoms with Crippen molar-refractivity contribution in [1.29, 1.82) is 0 Å². The molecule has 1 aromatic carbocycles. The smallest absolute Gasteiger partial charge is 0.335 e. The van der Waals surface area contributed by atoms with Crippen LogP contribution in [0, 0.1) is 6.92 Å². The van der Waals surface area contributed by atoms with Gasteiger partial charge in [-0.15, -0.1) is 11.3 Å². The van der Waals surface area contributed by atoms with Gasteiger partial charge in [-0.1, -0.05) is 12.1 Å². The van der Waals surface area contributed by atoms with Crippen LogP contribution in [0.2, 0.25) is 0 Å². The summed E-state index contributed by atoms with van der Waals surface area (Å²) in [5.74, 6) is -0.118. The van der Waals surface area contributed by atoms with Crippen LogP contribution >= 0.6 is 11.3 Å². The molecule has 2 heterocycles. The summed E-state index contributed by atoms with van der Waals surface area (Å²) in [6.45, 7) is 2.63. The average molecular weight is 299 g/mol. The molecular weight excluding hydrogens is 286 g/mol. The number of carbonyl (C=O) groups is 1. The Morgan fingerprint density at radius 3 is 2.76 bits per heavy atom. The van der Waals surface area contributed by atoms with E-state index < -0.39 is 5.97 Å². The minimum atomic E-state index is -0.916. The van der Waals surface area contributed by atoms with Crippen molar-refractivity contribution < 1.29 is 9.90 Å². The van der Waals surface area contributed by atoms with E-state index in [0.29, 0.717) is 6.54 Å². The second kappa shape index (κ2) is 5.49. The molecule has 0 atom stereocenters. The molecule has 0 aliphatic heterocycles. The van der Waals surface area contributed by atoms with Gasteiger partial charge >= 0.3 is 5.97 Å². The van der Waals surface area contributed by atoms with E-state index >= 15 is 0 Å². The first kappa shape index (κ1) is 13.5. The Hall–Kier alpha value is -2.47.